The standard InChI is InChI=1S/C16H21NO4/c1-11-10-21-12(2)9-17(11)15(18)8-7-13-5-3-4-6-14(13)16(19)20/h3-6,11-12H,7-10H2,1-2H3,(H,19,20). The molecule has 0 aliphatic carbocycles. The lowest BCUT2D eigenvalue weighted by Crippen LogP contribution is -2.50. The van der Waals surface area contributed by atoms with Gasteiger partial charge in [-0.05, 0) is 31.9 Å². The Morgan fingerprint density at radius 1 is 1.33 bits per heavy atom. The molecule has 1 aromatic rings. The van der Waals surface area contributed by atoms with Crippen molar-refractivity contribution in [2.45, 2.75) is 38.8 Å². The smallest absolute Gasteiger partial charge is 0.335 e. The van der Waals surface area contributed by atoms with Gasteiger partial charge in [0.2, 0.25) is 5.91 Å². The number of rotatable bonds is 4. The molecule has 1 saturated heterocycles. The molecule has 1 aliphatic heterocycles. The average molecular weight is 291 g/mol. The summed E-state index contributed by atoms with van der Waals surface area (Å²) in [7, 11) is 0. The van der Waals surface area contributed by atoms with Crippen LogP contribution in [0.2, 0.25) is 0 Å². The van der Waals surface area contributed by atoms with Crippen molar-refractivity contribution < 1.29 is 19.4 Å². The third kappa shape index (κ3) is 3.82. The van der Waals surface area contributed by atoms with Crippen molar-refractivity contribution in [1.82, 2.24) is 4.90 Å². The Hall–Kier alpha value is -1.88. The first-order valence-electron chi connectivity index (χ1n) is 7.21. The third-order valence-electron chi connectivity index (χ3n) is 3.78. The van der Waals surface area contributed by atoms with Crippen molar-refractivity contribution in [2.24, 2.45) is 0 Å². The number of aryl methyl sites for hydroxylation is 1. The quantitative estimate of drug-likeness (QED) is 0.920. The summed E-state index contributed by atoms with van der Waals surface area (Å²) in [5.74, 6) is -0.899. The van der Waals surface area contributed by atoms with Crippen molar-refractivity contribution >= 4 is 11.9 Å². The molecule has 0 radical (unpaired) electrons. The molecule has 2 rings (SSSR count). The number of hydrogen-bond acceptors (Lipinski definition) is 3. The second-order valence-electron chi connectivity index (χ2n) is 5.50. The lowest BCUT2D eigenvalue weighted by Gasteiger charge is -2.37. The molecule has 0 spiro atoms. The SMILES string of the molecule is CC1CN(C(=O)CCc2ccccc2C(=O)O)C(C)CO1. The van der Waals surface area contributed by atoms with Crippen LogP contribution in [-0.2, 0) is 16.0 Å². The normalized spacial score (nSPS) is 22.1. The van der Waals surface area contributed by atoms with Crippen LogP contribution in [0.5, 0.6) is 0 Å². The number of amides is 1. The van der Waals surface area contributed by atoms with Crippen LogP contribution < -0.4 is 0 Å². The van der Waals surface area contributed by atoms with Crippen molar-refractivity contribution in [3.8, 4) is 0 Å². The summed E-state index contributed by atoms with van der Waals surface area (Å²) >= 11 is 0. The highest BCUT2D eigenvalue weighted by Crippen LogP contribution is 2.16. The number of carboxylic acid groups (broad SMARTS) is 1. The van der Waals surface area contributed by atoms with Gasteiger partial charge in [0.25, 0.3) is 0 Å². The lowest BCUT2D eigenvalue weighted by molar-refractivity contribution is -0.143. The monoisotopic (exact) mass is 291 g/mol. The Balaban J connectivity index is 1.99. The molecule has 114 valence electrons. The molecule has 21 heavy (non-hydrogen) atoms. The first-order valence-corrected chi connectivity index (χ1v) is 7.21. The lowest BCUT2D eigenvalue weighted by atomic mass is 10.0. The predicted molar refractivity (Wildman–Crippen MR) is 78.3 cm³/mol. The van der Waals surface area contributed by atoms with E-state index in [1.807, 2.05) is 18.7 Å². The molecule has 5 heteroatoms. The largest absolute Gasteiger partial charge is 0.478 e. The molecule has 1 amide bonds. The van der Waals surface area contributed by atoms with E-state index in [0.717, 1.165) is 0 Å². The number of nitrogens with zero attached hydrogens (tertiary/aromatic N) is 1. The van der Waals surface area contributed by atoms with Crippen LogP contribution in [-0.4, -0.2) is 47.2 Å². The average Bonchev–Trinajstić information content (AvgIpc) is 2.47. The van der Waals surface area contributed by atoms with E-state index in [0.29, 0.717) is 31.6 Å². The van der Waals surface area contributed by atoms with Crippen molar-refractivity contribution in [2.75, 3.05) is 13.2 Å². The molecular formula is C16H21NO4. The summed E-state index contributed by atoms with van der Waals surface area (Å²) < 4.78 is 5.51. The molecular weight excluding hydrogens is 270 g/mol. The van der Waals surface area contributed by atoms with Gasteiger partial charge in [-0.3, -0.25) is 4.79 Å². The maximum Gasteiger partial charge on any atom is 0.335 e. The Morgan fingerprint density at radius 3 is 2.76 bits per heavy atom. The first kappa shape index (κ1) is 15.5. The summed E-state index contributed by atoms with van der Waals surface area (Å²) in [5, 5.41) is 9.14. The minimum absolute atomic E-state index is 0.0523. The van der Waals surface area contributed by atoms with E-state index in [1.165, 1.54) is 0 Å². The van der Waals surface area contributed by atoms with E-state index in [2.05, 4.69) is 0 Å². The molecule has 2 atom stereocenters. The fraction of sp³-hybridized carbons (Fsp3) is 0.500. The second kappa shape index (κ2) is 6.72. The molecule has 0 aromatic heterocycles. The number of carbonyl (C=O) groups is 2. The van der Waals surface area contributed by atoms with Gasteiger partial charge < -0.3 is 14.7 Å². The van der Waals surface area contributed by atoms with Gasteiger partial charge in [0.05, 0.1) is 24.3 Å². The summed E-state index contributed by atoms with van der Waals surface area (Å²) in [4.78, 5) is 25.3. The third-order valence-corrected chi connectivity index (χ3v) is 3.78. The van der Waals surface area contributed by atoms with Crippen molar-refractivity contribution in [1.29, 1.82) is 0 Å². The highest BCUT2D eigenvalue weighted by atomic mass is 16.5. The minimum Gasteiger partial charge on any atom is -0.478 e. The second-order valence-corrected chi connectivity index (χ2v) is 5.50. The van der Waals surface area contributed by atoms with E-state index >= 15 is 0 Å². The summed E-state index contributed by atoms with van der Waals surface area (Å²) in [6.07, 6.45) is 0.817. The number of hydrogen-bond donors (Lipinski definition) is 1. The maximum atomic E-state index is 12.3. The molecule has 1 fully saturated rings. The van der Waals surface area contributed by atoms with Gasteiger partial charge in [-0.15, -0.1) is 0 Å². The Morgan fingerprint density at radius 2 is 2.05 bits per heavy atom. The number of carboxylic acids is 1. The van der Waals surface area contributed by atoms with Crippen LogP contribution in [0.3, 0.4) is 0 Å². The van der Waals surface area contributed by atoms with E-state index in [1.54, 1.807) is 24.3 Å². The van der Waals surface area contributed by atoms with Crippen LogP contribution in [0.25, 0.3) is 0 Å². The van der Waals surface area contributed by atoms with E-state index in [-0.39, 0.29) is 23.6 Å². The van der Waals surface area contributed by atoms with Crippen LogP contribution in [0, 0.1) is 0 Å². The fourth-order valence-corrected chi connectivity index (χ4v) is 2.58. The van der Waals surface area contributed by atoms with Gasteiger partial charge in [0.1, 0.15) is 0 Å². The highest BCUT2D eigenvalue weighted by molar-refractivity contribution is 5.89. The summed E-state index contributed by atoms with van der Waals surface area (Å²) in [6.45, 7) is 5.07. The van der Waals surface area contributed by atoms with Gasteiger partial charge in [-0.1, -0.05) is 18.2 Å². The summed E-state index contributed by atoms with van der Waals surface area (Å²) in [5.41, 5.74) is 0.973. The van der Waals surface area contributed by atoms with Gasteiger partial charge in [0.15, 0.2) is 0 Å². The minimum atomic E-state index is -0.952. The molecule has 2 unspecified atom stereocenters. The van der Waals surface area contributed by atoms with Crippen LogP contribution in [0.15, 0.2) is 24.3 Å². The van der Waals surface area contributed by atoms with Crippen LogP contribution >= 0.6 is 0 Å². The predicted octanol–water partition coefficient (Wildman–Crippen LogP) is 1.95. The van der Waals surface area contributed by atoms with Gasteiger partial charge >= 0.3 is 5.97 Å². The molecule has 5 nitrogen and oxygen atoms in total. The zero-order valence-corrected chi connectivity index (χ0v) is 12.4. The maximum absolute atomic E-state index is 12.3. The summed E-state index contributed by atoms with van der Waals surface area (Å²) in [6, 6.07) is 6.90. The first-order chi connectivity index (χ1) is 9.99. The molecule has 1 N–H and O–H groups in total. The Kier molecular flexibility index (Phi) is 4.96. The van der Waals surface area contributed by atoms with Crippen LogP contribution in [0.4, 0.5) is 0 Å². The number of benzene rings is 1. The Bertz CT molecular complexity index is 529. The molecule has 0 saturated carbocycles. The number of ether oxygens (including phenoxy) is 1. The van der Waals surface area contributed by atoms with Crippen molar-refractivity contribution in [3.05, 3.63) is 35.4 Å². The molecule has 1 heterocycles. The van der Waals surface area contributed by atoms with Crippen LogP contribution in [0.1, 0.15) is 36.2 Å². The zero-order valence-electron chi connectivity index (χ0n) is 12.4. The van der Waals surface area contributed by atoms with E-state index in [4.69, 9.17) is 9.84 Å². The topological polar surface area (TPSA) is 66.8 Å². The van der Waals surface area contributed by atoms with Crippen molar-refractivity contribution in [3.63, 3.8) is 0 Å². The fourth-order valence-electron chi connectivity index (χ4n) is 2.58. The molecule has 1 aliphatic rings. The molecule has 0 bridgehead atoms. The van der Waals surface area contributed by atoms with Gasteiger partial charge in [0, 0.05) is 13.0 Å². The highest BCUT2D eigenvalue weighted by Gasteiger charge is 2.27. The Labute approximate surface area is 124 Å². The van der Waals surface area contributed by atoms with Gasteiger partial charge in [-0.2, -0.15) is 0 Å². The zero-order chi connectivity index (χ0) is 15.4. The molecule has 1 aromatic carbocycles. The number of morpholine rings is 1. The van der Waals surface area contributed by atoms with Gasteiger partial charge in [-0.25, -0.2) is 4.79 Å². The van der Waals surface area contributed by atoms with E-state index in [9.17, 15) is 9.59 Å². The van der Waals surface area contributed by atoms with E-state index < -0.39 is 5.97 Å². The number of carbonyl (C=O) groups excluding carboxylic acids is 1. The number of aromatic carboxylic acids is 1.